The summed E-state index contributed by atoms with van der Waals surface area (Å²) in [5.74, 6) is 5.53. The fraction of sp³-hybridized carbons (Fsp3) is 0.312. The number of hydrogen-bond acceptors (Lipinski definition) is 5. The predicted octanol–water partition coefficient (Wildman–Crippen LogP) is 1.57. The Hall–Kier alpha value is -3.21. The fourth-order valence-electron chi connectivity index (χ4n) is 2.46. The van der Waals surface area contributed by atoms with Gasteiger partial charge in [0, 0.05) is 17.5 Å². The Labute approximate surface area is 136 Å². The van der Waals surface area contributed by atoms with E-state index in [0.29, 0.717) is 24.6 Å². The normalized spacial score (nSPS) is 13.7. The number of fused-ring (bicyclic) bond motifs is 1. The molecule has 4 rings (SSSR count). The van der Waals surface area contributed by atoms with Gasteiger partial charge < -0.3 is 10.1 Å². The second-order valence-electron chi connectivity index (χ2n) is 5.76. The number of H-pyrrole nitrogens is 1. The lowest BCUT2D eigenvalue weighted by Crippen LogP contribution is -1.98. The zero-order chi connectivity index (χ0) is 16.5. The summed E-state index contributed by atoms with van der Waals surface area (Å²) >= 11 is 0. The minimum atomic E-state index is -1.09. The molecule has 0 amide bonds. The molecule has 24 heavy (non-hydrogen) atoms. The van der Waals surface area contributed by atoms with Crippen molar-refractivity contribution in [3.8, 4) is 11.8 Å². The average molecular weight is 322 g/mol. The minimum Gasteiger partial charge on any atom is -0.476 e. The average Bonchev–Trinajstić information content (AvgIpc) is 3.16. The monoisotopic (exact) mass is 322 g/mol. The zero-order valence-corrected chi connectivity index (χ0v) is 12.7. The standard InChI is InChI=1S/C16H14N6O2/c23-16(24)14-9-22(21-19-14)6-2-1-3-12-7-11-8-13(10-4-5-10)17-15(11)20-18-12/h7-10H,2,4-6H2,(H,17,20)(H,23,24). The van der Waals surface area contributed by atoms with Crippen molar-refractivity contribution in [2.45, 2.75) is 31.7 Å². The van der Waals surface area contributed by atoms with Crippen molar-refractivity contribution in [3.63, 3.8) is 0 Å². The first-order chi connectivity index (χ1) is 11.7. The van der Waals surface area contributed by atoms with Gasteiger partial charge in [-0.3, -0.25) is 4.68 Å². The van der Waals surface area contributed by atoms with E-state index in [2.05, 4.69) is 43.4 Å². The van der Waals surface area contributed by atoms with Crippen LogP contribution in [0, 0.1) is 11.8 Å². The molecule has 0 saturated heterocycles. The van der Waals surface area contributed by atoms with E-state index in [1.54, 1.807) is 0 Å². The van der Waals surface area contributed by atoms with Crippen LogP contribution in [0.4, 0.5) is 0 Å². The van der Waals surface area contributed by atoms with Gasteiger partial charge in [0.15, 0.2) is 11.3 Å². The maximum atomic E-state index is 10.7. The number of rotatable bonds is 4. The van der Waals surface area contributed by atoms with Crippen molar-refractivity contribution < 1.29 is 9.90 Å². The maximum Gasteiger partial charge on any atom is 0.358 e. The molecule has 0 radical (unpaired) electrons. The highest BCUT2D eigenvalue weighted by Crippen LogP contribution is 2.40. The Morgan fingerprint density at radius 2 is 2.21 bits per heavy atom. The smallest absolute Gasteiger partial charge is 0.358 e. The van der Waals surface area contributed by atoms with Crippen molar-refractivity contribution in [1.82, 2.24) is 30.2 Å². The second-order valence-corrected chi connectivity index (χ2v) is 5.76. The summed E-state index contributed by atoms with van der Waals surface area (Å²) in [4.78, 5) is 14.0. The highest BCUT2D eigenvalue weighted by Gasteiger charge is 2.25. The van der Waals surface area contributed by atoms with Crippen molar-refractivity contribution in [2.75, 3.05) is 0 Å². The van der Waals surface area contributed by atoms with E-state index >= 15 is 0 Å². The summed E-state index contributed by atoms with van der Waals surface area (Å²) in [6, 6.07) is 4.05. The highest BCUT2D eigenvalue weighted by atomic mass is 16.4. The topological polar surface area (TPSA) is 110 Å². The number of nitrogens with one attached hydrogen (secondary N) is 1. The van der Waals surface area contributed by atoms with Crippen LogP contribution in [-0.4, -0.2) is 41.3 Å². The summed E-state index contributed by atoms with van der Waals surface area (Å²) in [6.07, 6.45) is 4.37. The maximum absolute atomic E-state index is 10.7. The molecular formula is C16H14N6O2. The Morgan fingerprint density at radius 3 is 2.96 bits per heavy atom. The van der Waals surface area contributed by atoms with Crippen LogP contribution in [0.2, 0.25) is 0 Å². The van der Waals surface area contributed by atoms with Gasteiger partial charge in [-0.25, -0.2) is 4.79 Å². The molecule has 3 heterocycles. The van der Waals surface area contributed by atoms with Crippen LogP contribution in [0.1, 0.15) is 47.1 Å². The van der Waals surface area contributed by atoms with E-state index in [1.165, 1.54) is 29.4 Å². The summed E-state index contributed by atoms with van der Waals surface area (Å²) in [5, 5.41) is 25.4. The molecular weight excluding hydrogens is 308 g/mol. The quantitative estimate of drug-likeness (QED) is 0.706. The number of aromatic amines is 1. The second kappa shape index (κ2) is 5.77. The molecule has 0 atom stereocenters. The van der Waals surface area contributed by atoms with E-state index in [9.17, 15) is 4.79 Å². The first-order valence-corrected chi connectivity index (χ1v) is 7.68. The Kier molecular flexibility index (Phi) is 3.46. The van der Waals surface area contributed by atoms with Crippen LogP contribution in [0.25, 0.3) is 11.0 Å². The van der Waals surface area contributed by atoms with Crippen molar-refractivity contribution in [2.24, 2.45) is 0 Å². The molecule has 1 fully saturated rings. The Balaban J connectivity index is 1.42. The molecule has 3 aromatic rings. The summed E-state index contributed by atoms with van der Waals surface area (Å²) in [7, 11) is 0. The van der Waals surface area contributed by atoms with E-state index in [1.807, 2.05) is 6.07 Å². The molecule has 8 heteroatoms. The molecule has 1 aliphatic rings. The minimum absolute atomic E-state index is 0.0711. The third kappa shape index (κ3) is 2.96. The van der Waals surface area contributed by atoms with Crippen molar-refractivity contribution in [1.29, 1.82) is 0 Å². The largest absolute Gasteiger partial charge is 0.476 e. The Morgan fingerprint density at radius 1 is 1.33 bits per heavy atom. The number of aromatic nitrogens is 6. The van der Waals surface area contributed by atoms with Gasteiger partial charge in [-0.15, -0.1) is 15.3 Å². The lowest BCUT2D eigenvalue weighted by Gasteiger charge is -1.93. The van der Waals surface area contributed by atoms with Crippen LogP contribution in [0.15, 0.2) is 18.3 Å². The van der Waals surface area contributed by atoms with Crippen LogP contribution < -0.4 is 0 Å². The summed E-state index contributed by atoms with van der Waals surface area (Å²) in [6.45, 7) is 0.471. The van der Waals surface area contributed by atoms with E-state index in [-0.39, 0.29) is 5.69 Å². The first-order valence-electron chi connectivity index (χ1n) is 7.68. The van der Waals surface area contributed by atoms with Gasteiger partial charge in [0.05, 0.1) is 12.7 Å². The van der Waals surface area contributed by atoms with Gasteiger partial charge in [-0.2, -0.15) is 0 Å². The third-order valence-corrected chi connectivity index (χ3v) is 3.85. The molecule has 120 valence electrons. The number of nitrogens with zero attached hydrogens (tertiary/aromatic N) is 5. The van der Waals surface area contributed by atoms with Gasteiger partial charge in [-0.05, 0) is 36.8 Å². The third-order valence-electron chi connectivity index (χ3n) is 3.85. The molecule has 3 aromatic heterocycles. The lowest BCUT2D eigenvalue weighted by molar-refractivity contribution is 0.0690. The van der Waals surface area contributed by atoms with Crippen molar-refractivity contribution in [3.05, 3.63) is 35.4 Å². The molecule has 0 bridgehead atoms. The molecule has 0 spiro atoms. The van der Waals surface area contributed by atoms with Gasteiger partial charge in [0.25, 0.3) is 0 Å². The molecule has 1 saturated carbocycles. The van der Waals surface area contributed by atoms with Crippen LogP contribution in [0.3, 0.4) is 0 Å². The molecule has 0 aliphatic heterocycles. The molecule has 8 nitrogen and oxygen atoms in total. The van der Waals surface area contributed by atoms with E-state index in [0.717, 1.165) is 11.0 Å². The SMILES string of the molecule is O=C(O)c1cn(CCC#Cc2cc3cc(C4CC4)[nH]c3nn2)nn1. The van der Waals surface area contributed by atoms with Gasteiger partial charge in [0.2, 0.25) is 0 Å². The first kappa shape index (κ1) is 14.4. The lowest BCUT2D eigenvalue weighted by atomic mass is 10.2. The van der Waals surface area contributed by atoms with Crippen LogP contribution in [-0.2, 0) is 6.54 Å². The number of carboxylic acid groups (broad SMARTS) is 1. The van der Waals surface area contributed by atoms with Crippen molar-refractivity contribution >= 4 is 17.0 Å². The number of aromatic carboxylic acids is 1. The molecule has 0 aromatic carbocycles. The summed E-state index contributed by atoms with van der Waals surface area (Å²) in [5.41, 5.74) is 2.57. The van der Waals surface area contributed by atoms with Crippen LogP contribution in [0.5, 0.6) is 0 Å². The number of carbonyl (C=O) groups is 1. The van der Waals surface area contributed by atoms with Gasteiger partial charge >= 0.3 is 5.97 Å². The van der Waals surface area contributed by atoms with Crippen LogP contribution >= 0.6 is 0 Å². The summed E-state index contributed by atoms with van der Waals surface area (Å²) < 4.78 is 1.46. The van der Waals surface area contributed by atoms with E-state index in [4.69, 9.17) is 5.11 Å². The van der Waals surface area contributed by atoms with Gasteiger partial charge in [-0.1, -0.05) is 11.1 Å². The zero-order valence-electron chi connectivity index (χ0n) is 12.7. The molecule has 0 unspecified atom stereocenters. The Bertz CT molecular complexity index is 973. The number of hydrogen-bond donors (Lipinski definition) is 2. The predicted molar refractivity (Wildman–Crippen MR) is 84.3 cm³/mol. The molecule has 2 N–H and O–H groups in total. The number of carboxylic acids is 1. The number of aryl methyl sites for hydroxylation is 1. The van der Waals surface area contributed by atoms with E-state index < -0.39 is 5.97 Å². The molecule has 1 aliphatic carbocycles. The fourth-order valence-corrected chi connectivity index (χ4v) is 2.46. The highest BCUT2D eigenvalue weighted by molar-refractivity contribution is 5.84. The van der Waals surface area contributed by atoms with Gasteiger partial charge in [0.1, 0.15) is 5.69 Å².